The first-order valence-corrected chi connectivity index (χ1v) is 14.1. The average Bonchev–Trinajstić information content (AvgIpc) is 3.42. The van der Waals surface area contributed by atoms with Gasteiger partial charge in [-0.05, 0) is 31.2 Å². The second-order valence-electron chi connectivity index (χ2n) is 10.9. The number of hydrogen-bond donors (Lipinski definition) is 2. The molecular weight excluding hydrogens is 498 g/mol. The number of benzene rings is 1. The first-order chi connectivity index (χ1) is 18.5. The molecule has 9 nitrogen and oxygen atoms in total. The van der Waals surface area contributed by atoms with E-state index < -0.39 is 30.3 Å². The summed E-state index contributed by atoms with van der Waals surface area (Å²) in [6.07, 6.45) is 0.714. The highest BCUT2D eigenvalue weighted by Gasteiger charge is 2.42. The Morgan fingerprint density at radius 1 is 1.13 bits per heavy atom. The lowest BCUT2D eigenvalue weighted by atomic mass is 9.90. The maximum atomic E-state index is 13.6. The number of aliphatic hydroxyl groups excluding tert-OH is 1. The van der Waals surface area contributed by atoms with Crippen molar-refractivity contribution in [3.05, 3.63) is 35.9 Å². The number of nitrogens with one attached hydrogen (secondary N) is 1. The van der Waals surface area contributed by atoms with Crippen LogP contribution in [-0.4, -0.2) is 90.8 Å². The van der Waals surface area contributed by atoms with Gasteiger partial charge in [0.2, 0.25) is 17.7 Å². The molecule has 0 aliphatic carbocycles. The molecule has 0 aromatic heterocycles. The largest absolute Gasteiger partial charge is 0.386 e. The van der Waals surface area contributed by atoms with Crippen molar-refractivity contribution in [2.24, 2.45) is 11.8 Å². The molecule has 1 unspecified atom stereocenters. The second kappa shape index (κ2) is 15.3. The molecule has 1 aliphatic rings. The van der Waals surface area contributed by atoms with Crippen LogP contribution in [0, 0.1) is 11.8 Å². The lowest BCUT2D eigenvalue weighted by Crippen LogP contribution is -2.53. The van der Waals surface area contributed by atoms with Gasteiger partial charge < -0.3 is 29.7 Å². The average molecular weight is 548 g/mol. The Kier molecular flexibility index (Phi) is 12.9. The van der Waals surface area contributed by atoms with Gasteiger partial charge in [0.05, 0.1) is 48.8 Å². The lowest BCUT2D eigenvalue weighted by molar-refractivity contribution is -0.145. The van der Waals surface area contributed by atoms with Gasteiger partial charge in [0, 0.05) is 34.7 Å². The Morgan fingerprint density at radius 3 is 2.31 bits per heavy atom. The Balaban J connectivity index is 2.13. The minimum Gasteiger partial charge on any atom is -0.386 e. The van der Waals surface area contributed by atoms with E-state index in [4.69, 9.17) is 9.47 Å². The smallest absolute Gasteiger partial charge is 0.225 e. The van der Waals surface area contributed by atoms with Crippen LogP contribution in [0.4, 0.5) is 0 Å². The molecule has 39 heavy (non-hydrogen) atoms. The molecule has 1 heterocycles. The monoisotopic (exact) mass is 547 g/mol. The Bertz CT molecular complexity index is 929. The number of hydrogen-bond acceptors (Lipinski definition) is 6. The molecule has 8 atom stereocenters. The number of methoxy groups -OCH3 is 2. The predicted molar refractivity (Wildman–Crippen MR) is 151 cm³/mol. The predicted octanol–water partition coefficient (Wildman–Crippen LogP) is 3.16. The van der Waals surface area contributed by atoms with Crippen LogP contribution in [0.1, 0.15) is 72.0 Å². The molecule has 220 valence electrons. The number of amides is 3. The van der Waals surface area contributed by atoms with E-state index in [0.717, 1.165) is 24.8 Å². The zero-order chi connectivity index (χ0) is 29.3. The van der Waals surface area contributed by atoms with Gasteiger partial charge in [0.15, 0.2) is 0 Å². The van der Waals surface area contributed by atoms with Crippen molar-refractivity contribution in [3.8, 4) is 0 Å². The second-order valence-corrected chi connectivity index (χ2v) is 10.9. The van der Waals surface area contributed by atoms with Crippen LogP contribution in [0.25, 0.3) is 0 Å². The molecule has 0 radical (unpaired) electrons. The third-order valence-corrected chi connectivity index (χ3v) is 8.39. The number of carbonyl (C=O) groups excluding carboxylic acids is 3. The third kappa shape index (κ3) is 8.25. The van der Waals surface area contributed by atoms with Crippen LogP contribution >= 0.6 is 0 Å². The summed E-state index contributed by atoms with van der Waals surface area (Å²) in [7, 11) is 4.90. The van der Waals surface area contributed by atoms with Crippen molar-refractivity contribution in [2.45, 2.75) is 96.7 Å². The number of aliphatic hydroxyl groups is 1. The highest BCUT2D eigenvalue weighted by molar-refractivity contribution is 5.80. The highest BCUT2D eigenvalue weighted by atomic mass is 16.5. The molecule has 2 N–H and O–H groups in total. The van der Waals surface area contributed by atoms with Crippen LogP contribution < -0.4 is 5.32 Å². The summed E-state index contributed by atoms with van der Waals surface area (Å²) >= 11 is 0. The van der Waals surface area contributed by atoms with Crippen LogP contribution in [0.3, 0.4) is 0 Å². The summed E-state index contributed by atoms with van der Waals surface area (Å²) in [5, 5.41) is 13.6. The summed E-state index contributed by atoms with van der Waals surface area (Å²) in [4.78, 5) is 42.5. The summed E-state index contributed by atoms with van der Waals surface area (Å²) in [5.74, 6) is -0.779. The number of rotatable bonds is 14. The Morgan fingerprint density at radius 2 is 1.77 bits per heavy atom. The molecule has 0 bridgehead atoms. The van der Waals surface area contributed by atoms with Gasteiger partial charge in [0.1, 0.15) is 0 Å². The van der Waals surface area contributed by atoms with Crippen molar-refractivity contribution in [2.75, 3.05) is 27.8 Å². The van der Waals surface area contributed by atoms with E-state index in [1.54, 1.807) is 40.0 Å². The molecule has 9 heteroatoms. The molecule has 1 aliphatic heterocycles. The lowest BCUT2D eigenvalue weighted by Gasteiger charge is -2.39. The van der Waals surface area contributed by atoms with Gasteiger partial charge in [-0.1, -0.05) is 57.5 Å². The van der Waals surface area contributed by atoms with E-state index in [1.807, 2.05) is 35.2 Å². The minimum atomic E-state index is -0.842. The Labute approximate surface area is 234 Å². The number of ether oxygens (including phenoxy) is 2. The standard InChI is InChI=1S/C30H49N3O6/c1-9-19(2)27(32(6)22(5)34)25(38-7)18-26(35)33-17-13-16-24(33)29(39-8)20(3)30(37)31-21(4)28(36)23-14-11-10-12-15-23/h10-12,14-15,19-21,24-25,27-29,36H,9,13,16-18H2,1-8H3,(H,31,37)/t19-,20+,21+,24-,25+,27?,28+,29+/m0/s1. The third-order valence-electron chi connectivity index (χ3n) is 8.39. The summed E-state index contributed by atoms with van der Waals surface area (Å²) in [6.45, 7) is 9.79. The fourth-order valence-corrected chi connectivity index (χ4v) is 5.74. The molecule has 0 saturated carbocycles. The number of likely N-dealkylation sites (tertiary alicyclic amines) is 1. The maximum absolute atomic E-state index is 13.6. The zero-order valence-corrected chi connectivity index (χ0v) is 24.9. The first kappa shape index (κ1) is 32.7. The van der Waals surface area contributed by atoms with Crippen molar-refractivity contribution in [3.63, 3.8) is 0 Å². The van der Waals surface area contributed by atoms with Crippen LogP contribution in [-0.2, 0) is 23.9 Å². The quantitative estimate of drug-likeness (QED) is 0.370. The zero-order valence-electron chi connectivity index (χ0n) is 24.9. The topological polar surface area (TPSA) is 108 Å². The van der Waals surface area contributed by atoms with Gasteiger partial charge in [-0.15, -0.1) is 0 Å². The molecule has 1 aromatic carbocycles. The SMILES string of the molecule is CC[C@H](C)C([C@@H](CC(=O)N1CCC[C@H]1[C@H](OC)[C@@H](C)C(=O)N[C@H](C)[C@@H](O)c1ccccc1)OC)N(C)C(C)=O. The van der Waals surface area contributed by atoms with Gasteiger partial charge >= 0.3 is 0 Å². The van der Waals surface area contributed by atoms with Crippen molar-refractivity contribution in [1.29, 1.82) is 0 Å². The van der Waals surface area contributed by atoms with E-state index >= 15 is 0 Å². The van der Waals surface area contributed by atoms with E-state index in [1.165, 1.54) is 6.92 Å². The molecule has 0 spiro atoms. The van der Waals surface area contributed by atoms with E-state index in [-0.39, 0.29) is 42.1 Å². The highest BCUT2D eigenvalue weighted by Crippen LogP contribution is 2.29. The summed E-state index contributed by atoms with van der Waals surface area (Å²) in [5.41, 5.74) is 0.729. The number of likely N-dealkylation sites (N-methyl/N-ethyl adjacent to an activating group) is 1. The van der Waals surface area contributed by atoms with E-state index in [2.05, 4.69) is 19.2 Å². The minimum absolute atomic E-state index is 0.0697. The Hall–Kier alpha value is -2.49. The van der Waals surface area contributed by atoms with Gasteiger partial charge in [0.25, 0.3) is 0 Å². The molecule has 1 aromatic rings. The number of carbonyl (C=O) groups is 3. The molecule has 1 saturated heterocycles. The van der Waals surface area contributed by atoms with Gasteiger partial charge in [-0.25, -0.2) is 0 Å². The van der Waals surface area contributed by atoms with Crippen molar-refractivity contribution >= 4 is 17.7 Å². The summed E-state index contributed by atoms with van der Waals surface area (Å²) in [6, 6.07) is 8.22. The fraction of sp³-hybridized carbons (Fsp3) is 0.700. The van der Waals surface area contributed by atoms with E-state index in [9.17, 15) is 19.5 Å². The molecular formula is C30H49N3O6. The van der Waals surface area contributed by atoms with E-state index in [0.29, 0.717) is 6.54 Å². The fourth-order valence-electron chi connectivity index (χ4n) is 5.74. The molecule has 1 fully saturated rings. The van der Waals surface area contributed by atoms with Crippen LogP contribution in [0.15, 0.2) is 30.3 Å². The van der Waals surface area contributed by atoms with Gasteiger partial charge in [-0.3, -0.25) is 14.4 Å². The molecule has 3 amide bonds. The normalized spacial score (nSPS) is 20.8. The van der Waals surface area contributed by atoms with Crippen molar-refractivity contribution in [1.82, 2.24) is 15.1 Å². The number of nitrogens with zero attached hydrogens (tertiary/aromatic N) is 2. The molecule has 2 rings (SSSR count). The van der Waals surface area contributed by atoms with Crippen LogP contribution in [0.5, 0.6) is 0 Å². The van der Waals surface area contributed by atoms with Crippen molar-refractivity contribution < 1.29 is 29.0 Å². The van der Waals surface area contributed by atoms with Gasteiger partial charge in [-0.2, -0.15) is 0 Å². The summed E-state index contributed by atoms with van der Waals surface area (Å²) < 4.78 is 11.6. The maximum Gasteiger partial charge on any atom is 0.225 e. The van der Waals surface area contributed by atoms with Crippen LogP contribution in [0.2, 0.25) is 0 Å². The first-order valence-electron chi connectivity index (χ1n) is 14.1.